The smallest absolute Gasteiger partial charge is 0.0178 e. The zero-order valence-electron chi connectivity index (χ0n) is 7.70. The van der Waals surface area contributed by atoms with Gasteiger partial charge in [0.1, 0.15) is 0 Å². The molecule has 14 heavy (non-hydrogen) atoms. The van der Waals surface area contributed by atoms with Crippen LogP contribution >= 0.6 is 15.9 Å². The highest BCUT2D eigenvalue weighted by Gasteiger charge is 1.96. The molecule has 0 bridgehead atoms. The molecule has 69 valence electrons. The van der Waals surface area contributed by atoms with Crippen LogP contribution in [0.2, 0.25) is 0 Å². The minimum Gasteiger partial charge on any atom is -0.0622 e. The molecule has 0 atom stereocenters. The van der Waals surface area contributed by atoms with Crippen molar-refractivity contribution in [1.29, 1.82) is 0 Å². The molecule has 0 aliphatic carbocycles. The van der Waals surface area contributed by atoms with Crippen molar-refractivity contribution in [3.8, 4) is 0 Å². The minimum atomic E-state index is 0.945. The Hall–Kier alpha value is -1.08. The van der Waals surface area contributed by atoms with Crippen molar-refractivity contribution in [2.45, 2.75) is 6.42 Å². The molecule has 2 aromatic carbocycles. The van der Waals surface area contributed by atoms with Crippen LogP contribution in [0.5, 0.6) is 0 Å². The average molecular weight is 246 g/mol. The molecule has 2 aromatic rings. The monoisotopic (exact) mass is 245 g/mol. The quantitative estimate of drug-likeness (QED) is 0.755. The molecule has 0 fully saturated rings. The topological polar surface area (TPSA) is 0 Å². The third-order valence-electron chi connectivity index (χ3n) is 2.06. The third kappa shape index (κ3) is 2.46. The van der Waals surface area contributed by atoms with E-state index >= 15 is 0 Å². The van der Waals surface area contributed by atoms with Crippen LogP contribution in [-0.2, 0) is 6.42 Å². The number of halogens is 1. The fraction of sp³-hybridized carbons (Fsp3) is 0.0769. The lowest BCUT2D eigenvalue weighted by molar-refractivity contribution is 1.18. The molecule has 0 saturated heterocycles. The minimum absolute atomic E-state index is 0.945. The van der Waals surface area contributed by atoms with E-state index in [0.717, 1.165) is 10.9 Å². The van der Waals surface area contributed by atoms with Gasteiger partial charge in [-0.15, -0.1) is 0 Å². The zero-order chi connectivity index (χ0) is 9.80. The Kier molecular flexibility index (Phi) is 3.00. The SMILES string of the molecule is Brc1cc[c]c(Cc2ccccc2)c1. The molecular weight excluding hydrogens is 236 g/mol. The van der Waals surface area contributed by atoms with Crippen LogP contribution in [-0.4, -0.2) is 0 Å². The molecule has 0 nitrogen and oxygen atoms in total. The van der Waals surface area contributed by atoms with Gasteiger partial charge in [-0.25, -0.2) is 0 Å². The van der Waals surface area contributed by atoms with Gasteiger partial charge in [-0.1, -0.05) is 52.3 Å². The maximum Gasteiger partial charge on any atom is 0.0178 e. The summed E-state index contributed by atoms with van der Waals surface area (Å²) in [5.41, 5.74) is 2.53. The van der Waals surface area contributed by atoms with Gasteiger partial charge >= 0.3 is 0 Å². The summed E-state index contributed by atoms with van der Waals surface area (Å²) >= 11 is 3.46. The highest BCUT2D eigenvalue weighted by atomic mass is 79.9. The van der Waals surface area contributed by atoms with Crippen molar-refractivity contribution in [3.05, 3.63) is 70.2 Å². The van der Waals surface area contributed by atoms with Gasteiger partial charge in [0.2, 0.25) is 0 Å². The summed E-state index contributed by atoms with van der Waals surface area (Å²) in [6, 6.07) is 19.7. The van der Waals surface area contributed by atoms with Crippen LogP contribution in [0, 0.1) is 6.07 Å². The Balaban J connectivity index is 2.19. The molecule has 1 radical (unpaired) electrons. The highest BCUT2D eigenvalue weighted by molar-refractivity contribution is 9.10. The summed E-state index contributed by atoms with van der Waals surface area (Å²) in [5, 5.41) is 0. The van der Waals surface area contributed by atoms with Crippen molar-refractivity contribution in [2.75, 3.05) is 0 Å². The van der Waals surface area contributed by atoms with Crippen molar-refractivity contribution < 1.29 is 0 Å². The lowest BCUT2D eigenvalue weighted by Gasteiger charge is -2.01. The first-order valence-electron chi connectivity index (χ1n) is 4.54. The molecule has 0 unspecified atom stereocenters. The molecule has 0 saturated carbocycles. The summed E-state index contributed by atoms with van der Waals surface area (Å²) in [6.45, 7) is 0. The van der Waals surface area contributed by atoms with Gasteiger partial charge in [0.25, 0.3) is 0 Å². The maximum absolute atomic E-state index is 3.46. The molecule has 1 heteroatoms. The first kappa shape index (κ1) is 9.47. The van der Waals surface area contributed by atoms with Gasteiger partial charge in [-0.2, -0.15) is 0 Å². The molecule has 0 amide bonds. The van der Waals surface area contributed by atoms with Crippen molar-refractivity contribution >= 4 is 15.9 Å². The van der Waals surface area contributed by atoms with Crippen molar-refractivity contribution in [3.63, 3.8) is 0 Å². The number of benzene rings is 2. The van der Waals surface area contributed by atoms with E-state index in [1.54, 1.807) is 0 Å². The largest absolute Gasteiger partial charge is 0.0622 e. The first-order chi connectivity index (χ1) is 6.84. The number of hydrogen-bond acceptors (Lipinski definition) is 0. The third-order valence-corrected chi connectivity index (χ3v) is 2.55. The Labute approximate surface area is 92.7 Å². The summed E-state index contributed by atoms with van der Waals surface area (Å²) < 4.78 is 1.11. The van der Waals surface area contributed by atoms with E-state index in [9.17, 15) is 0 Å². The fourth-order valence-corrected chi connectivity index (χ4v) is 1.81. The molecule has 0 aromatic heterocycles. The first-order valence-corrected chi connectivity index (χ1v) is 5.34. The molecule has 0 N–H and O–H groups in total. The van der Waals surface area contributed by atoms with Crippen molar-refractivity contribution in [1.82, 2.24) is 0 Å². The van der Waals surface area contributed by atoms with E-state index < -0.39 is 0 Å². The van der Waals surface area contributed by atoms with Gasteiger partial charge in [-0.05, 0) is 35.7 Å². The van der Waals surface area contributed by atoms with E-state index in [-0.39, 0.29) is 0 Å². The van der Waals surface area contributed by atoms with Gasteiger partial charge in [-0.3, -0.25) is 0 Å². The van der Waals surface area contributed by atoms with E-state index in [1.807, 2.05) is 18.2 Å². The Morgan fingerprint density at radius 2 is 1.86 bits per heavy atom. The predicted molar refractivity (Wildman–Crippen MR) is 62.2 cm³/mol. The van der Waals surface area contributed by atoms with Gasteiger partial charge < -0.3 is 0 Å². The van der Waals surface area contributed by atoms with Crippen LogP contribution in [0.3, 0.4) is 0 Å². The molecule has 0 spiro atoms. The van der Waals surface area contributed by atoms with Crippen LogP contribution in [0.4, 0.5) is 0 Å². The summed E-state index contributed by atoms with van der Waals surface area (Å²) in [6.07, 6.45) is 0.945. The lowest BCUT2D eigenvalue weighted by Crippen LogP contribution is -1.87. The standard InChI is InChI=1S/C13H10Br/c14-13-8-4-7-12(10-13)9-11-5-2-1-3-6-11/h1-6,8,10H,9H2. The lowest BCUT2D eigenvalue weighted by atomic mass is 10.1. The van der Waals surface area contributed by atoms with E-state index in [1.165, 1.54) is 11.1 Å². The van der Waals surface area contributed by atoms with Gasteiger partial charge in [0.05, 0.1) is 0 Å². The molecule has 0 heterocycles. The van der Waals surface area contributed by atoms with Crippen LogP contribution in [0.25, 0.3) is 0 Å². The van der Waals surface area contributed by atoms with E-state index in [0.29, 0.717) is 0 Å². The number of rotatable bonds is 2. The van der Waals surface area contributed by atoms with Crippen LogP contribution in [0.15, 0.2) is 53.0 Å². The summed E-state index contributed by atoms with van der Waals surface area (Å²) in [5.74, 6) is 0. The second-order valence-electron chi connectivity index (χ2n) is 3.19. The summed E-state index contributed by atoms with van der Waals surface area (Å²) in [4.78, 5) is 0. The second-order valence-corrected chi connectivity index (χ2v) is 4.11. The normalized spacial score (nSPS) is 10.1. The molecule has 2 rings (SSSR count). The van der Waals surface area contributed by atoms with Crippen LogP contribution < -0.4 is 0 Å². The van der Waals surface area contributed by atoms with Crippen LogP contribution in [0.1, 0.15) is 11.1 Å². The fourth-order valence-electron chi connectivity index (χ4n) is 1.40. The zero-order valence-corrected chi connectivity index (χ0v) is 9.29. The molecule has 0 aliphatic rings. The van der Waals surface area contributed by atoms with E-state index in [4.69, 9.17) is 0 Å². The Morgan fingerprint density at radius 1 is 1.07 bits per heavy atom. The number of hydrogen-bond donors (Lipinski definition) is 0. The second kappa shape index (κ2) is 4.43. The maximum atomic E-state index is 3.46. The summed E-state index contributed by atoms with van der Waals surface area (Å²) in [7, 11) is 0. The van der Waals surface area contributed by atoms with Crippen molar-refractivity contribution in [2.24, 2.45) is 0 Å². The Bertz CT molecular complexity index is 407. The van der Waals surface area contributed by atoms with Gasteiger partial charge in [0.15, 0.2) is 0 Å². The molecular formula is C13H10Br. The predicted octanol–water partition coefficient (Wildman–Crippen LogP) is 3.84. The highest BCUT2D eigenvalue weighted by Crippen LogP contribution is 2.14. The Morgan fingerprint density at radius 3 is 2.57 bits per heavy atom. The van der Waals surface area contributed by atoms with Gasteiger partial charge in [0, 0.05) is 4.47 Å². The van der Waals surface area contributed by atoms with E-state index in [2.05, 4.69) is 52.3 Å². The average Bonchev–Trinajstić information content (AvgIpc) is 2.19. The molecule has 0 aliphatic heterocycles.